The van der Waals surface area contributed by atoms with Crippen molar-refractivity contribution in [1.82, 2.24) is 4.98 Å². The second kappa shape index (κ2) is 10.2. The average Bonchev–Trinajstić information content (AvgIpc) is 3.59. The van der Waals surface area contributed by atoms with Gasteiger partial charge in [-0.2, -0.15) is 0 Å². The monoisotopic (exact) mass is 505 g/mol. The number of amides is 1. The number of nitrogens with two attached hydrogens (primary N) is 1. The van der Waals surface area contributed by atoms with Crippen molar-refractivity contribution in [2.45, 2.75) is 25.2 Å². The van der Waals surface area contributed by atoms with E-state index in [2.05, 4.69) is 5.32 Å². The first kappa shape index (κ1) is 23.5. The number of nitrogens with one attached hydrogen (secondary N) is 1. The Morgan fingerprint density at radius 1 is 1.14 bits per heavy atom. The number of rotatable bonds is 7. The highest BCUT2D eigenvalue weighted by Crippen LogP contribution is 2.43. The number of carbonyl (C=O) groups excluding carboxylic acids is 1. The Morgan fingerprint density at radius 2 is 1.94 bits per heavy atom. The summed E-state index contributed by atoms with van der Waals surface area (Å²) < 4.78 is 11.3. The van der Waals surface area contributed by atoms with Crippen LogP contribution in [0, 0.1) is 0 Å². The van der Waals surface area contributed by atoms with Gasteiger partial charge in [-0.25, -0.2) is 4.98 Å². The molecule has 0 aliphatic carbocycles. The van der Waals surface area contributed by atoms with Crippen LogP contribution in [-0.2, 0) is 10.2 Å². The van der Waals surface area contributed by atoms with Crippen LogP contribution in [0.2, 0.25) is 0 Å². The van der Waals surface area contributed by atoms with Crippen molar-refractivity contribution in [2.24, 2.45) is 0 Å². The second-order valence-corrected chi connectivity index (χ2v) is 10.2. The highest BCUT2D eigenvalue weighted by Gasteiger charge is 2.39. The Labute approximate surface area is 212 Å². The lowest BCUT2D eigenvalue weighted by Crippen LogP contribution is -2.35. The van der Waals surface area contributed by atoms with E-state index in [0.717, 1.165) is 33.9 Å². The third-order valence-electron chi connectivity index (χ3n) is 6.34. The first-order valence-corrected chi connectivity index (χ1v) is 13.4. The van der Waals surface area contributed by atoms with E-state index in [1.807, 2.05) is 72.3 Å². The number of ether oxygens (including phenoxy) is 2. The van der Waals surface area contributed by atoms with Gasteiger partial charge in [0, 0.05) is 23.7 Å². The first-order chi connectivity index (χ1) is 17.1. The predicted octanol–water partition coefficient (Wildman–Crippen LogP) is 6.20. The topological polar surface area (TPSA) is 86.5 Å². The van der Waals surface area contributed by atoms with E-state index in [1.54, 1.807) is 22.7 Å². The summed E-state index contributed by atoms with van der Waals surface area (Å²) >= 11 is 3.27. The quantitative estimate of drug-likeness (QED) is 0.292. The molecule has 0 atom stereocenters. The minimum Gasteiger partial charge on any atom is -0.477 e. The summed E-state index contributed by atoms with van der Waals surface area (Å²) in [6, 6.07) is 17.6. The third-order valence-corrected chi connectivity index (χ3v) is 8.28. The van der Waals surface area contributed by atoms with Gasteiger partial charge in [0.1, 0.15) is 5.01 Å². The number of carbonyl (C=O) groups is 1. The van der Waals surface area contributed by atoms with Crippen molar-refractivity contribution in [1.29, 1.82) is 0 Å². The lowest BCUT2D eigenvalue weighted by molar-refractivity contribution is 0.0628. The molecule has 5 rings (SSSR count). The Kier molecular flexibility index (Phi) is 6.86. The van der Waals surface area contributed by atoms with Crippen LogP contribution >= 0.6 is 22.7 Å². The normalized spacial score (nSPS) is 15.0. The fourth-order valence-electron chi connectivity index (χ4n) is 4.43. The van der Waals surface area contributed by atoms with E-state index < -0.39 is 0 Å². The van der Waals surface area contributed by atoms with Gasteiger partial charge in [0.05, 0.1) is 28.8 Å². The minimum atomic E-state index is -0.243. The molecule has 6 nitrogen and oxygen atoms in total. The molecule has 0 spiro atoms. The van der Waals surface area contributed by atoms with Crippen LogP contribution < -0.4 is 15.8 Å². The summed E-state index contributed by atoms with van der Waals surface area (Å²) in [6.45, 7) is 3.89. The fraction of sp³-hybridized carbons (Fsp3) is 0.259. The zero-order valence-corrected chi connectivity index (χ0v) is 21.1. The third kappa shape index (κ3) is 4.82. The van der Waals surface area contributed by atoms with Crippen LogP contribution in [0.3, 0.4) is 0 Å². The molecular formula is C27H27N3O3S2. The van der Waals surface area contributed by atoms with Gasteiger partial charge in [-0.3, -0.25) is 4.79 Å². The highest BCUT2D eigenvalue weighted by molar-refractivity contribution is 7.13. The van der Waals surface area contributed by atoms with Crippen molar-refractivity contribution in [3.8, 4) is 16.3 Å². The number of aromatic nitrogens is 1. The van der Waals surface area contributed by atoms with Crippen LogP contribution in [0.5, 0.6) is 5.88 Å². The van der Waals surface area contributed by atoms with Gasteiger partial charge >= 0.3 is 0 Å². The molecule has 0 saturated carbocycles. The Bertz CT molecular complexity index is 1290. The van der Waals surface area contributed by atoms with Crippen molar-refractivity contribution in [3.63, 3.8) is 0 Å². The summed E-state index contributed by atoms with van der Waals surface area (Å²) in [6.07, 6.45) is 1.67. The number of nitrogens with zero attached hydrogens (tertiary/aromatic N) is 1. The highest BCUT2D eigenvalue weighted by atomic mass is 32.1. The van der Waals surface area contributed by atoms with Gasteiger partial charge in [-0.05, 0) is 66.6 Å². The number of hydrogen-bond donors (Lipinski definition) is 2. The molecule has 2 aromatic heterocycles. The Morgan fingerprint density at radius 3 is 2.66 bits per heavy atom. The molecule has 3 heterocycles. The van der Waals surface area contributed by atoms with E-state index in [0.29, 0.717) is 42.6 Å². The van der Waals surface area contributed by atoms with Gasteiger partial charge in [0.15, 0.2) is 0 Å². The van der Waals surface area contributed by atoms with E-state index in [-0.39, 0.29) is 11.3 Å². The summed E-state index contributed by atoms with van der Waals surface area (Å²) in [5, 5.41) is 8.00. The van der Waals surface area contributed by atoms with Gasteiger partial charge in [0.2, 0.25) is 5.88 Å². The lowest BCUT2D eigenvalue weighted by atomic mass is 9.74. The van der Waals surface area contributed by atoms with Crippen LogP contribution in [-0.4, -0.2) is 30.7 Å². The Hall–Kier alpha value is -3.20. The number of benzene rings is 2. The maximum Gasteiger partial charge on any atom is 0.255 e. The van der Waals surface area contributed by atoms with Crippen LogP contribution in [0.25, 0.3) is 10.4 Å². The molecule has 35 heavy (non-hydrogen) atoms. The smallest absolute Gasteiger partial charge is 0.255 e. The van der Waals surface area contributed by atoms with Crippen molar-refractivity contribution < 1.29 is 14.3 Å². The fourth-order valence-corrected chi connectivity index (χ4v) is 6.18. The van der Waals surface area contributed by atoms with Crippen molar-refractivity contribution in [3.05, 3.63) is 81.5 Å². The largest absolute Gasteiger partial charge is 0.477 e. The molecule has 0 bridgehead atoms. The molecule has 8 heteroatoms. The zero-order valence-electron chi connectivity index (χ0n) is 19.5. The summed E-state index contributed by atoms with van der Waals surface area (Å²) in [7, 11) is 0. The van der Waals surface area contributed by atoms with Gasteiger partial charge in [-0.15, -0.1) is 22.7 Å². The number of thiazole rings is 1. The van der Waals surface area contributed by atoms with Gasteiger partial charge < -0.3 is 20.5 Å². The average molecular weight is 506 g/mol. The van der Waals surface area contributed by atoms with Crippen LogP contribution in [0.15, 0.2) is 65.4 Å². The minimum absolute atomic E-state index is 0.194. The number of anilines is 2. The number of hydrogen-bond acceptors (Lipinski definition) is 7. The summed E-state index contributed by atoms with van der Waals surface area (Å²) in [5.41, 5.74) is 9.79. The van der Waals surface area contributed by atoms with Crippen molar-refractivity contribution >= 4 is 40.0 Å². The van der Waals surface area contributed by atoms with E-state index in [9.17, 15) is 4.79 Å². The van der Waals surface area contributed by atoms with Crippen molar-refractivity contribution in [2.75, 3.05) is 30.9 Å². The second-order valence-electron chi connectivity index (χ2n) is 8.43. The van der Waals surface area contributed by atoms with Gasteiger partial charge in [0.25, 0.3) is 5.91 Å². The van der Waals surface area contributed by atoms with E-state index >= 15 is 0 Å². The number of nitrogen functional groups attached to an aromatic ring is 1. The summed E-state index contributed by atoms with van der Waals surface area (Å²) in [5.74, 6) is 0.470. The lowest BCUT2D eigenvalue weighted by Gasteiger charge is -2.36. The molecule has 0 radical (unpaired) electrons. The molecule has 3 N–H and O–H groups in total. The molecule has 4 aromatic rings. The first-order valence-electron chi connectivity index (χ1n) is 11.6. The SMILES string of the molecule is CCOc1csc(C2(c3ccc(C(=O)Nc4cc(-c5cccs5)ccc4N)cc3)CCOCC2)n1. The molecule has 180 valence electrons. The Balaban J connectivity index is 1.38. The molecule has 2 aromatic carbocycles. The standard InChI is InChI=1S/C27H27N3O3S2/c1-2-33-24-17-35-26(30-24)27(11-13-32-14-12-27)20-8-5-18(6-9-20)25(31)29-22-16-19(7-10-21(22)28)23-4-3-15-34-23/h3-10,15-17H,2,11-14,28H2,1H3,(H,29,31). The molecular weight excluding hydrogens is 478 g/mol. The molecule has 1 aliphatic heterocycles. The molecule has 1 aliphatic rings. The van der Waals surface area contributed by atoms with E-state index in [4.69, 9.17) is 20.2 Å². The molecule has 0 unspecified atom stereocenters. The predicted molar refractivity (Wildman–Crippen MR) is 143 cm³/mol. The van der Waals surface area contributed by atoms with E-state index in [1.165, 1.54) is 0 Å². The zero-order chi connectivity index (χ0) is 24.3. The molecule has 1 saturated heterocycles. The maximum absolute atomic E-state index is 13.1. The number of thiophene rings is 1. The maximum atomic E-state index is 13.1. The summed E-state index contributed by atoms with van der Waals surface area (Å²) in [4.78, 5) is 19.0. The molecule has 1 amide bonds. The van der Waals surface area contributed by atoms with Crippen LogP contribution in [0.1, 0.15) is 40.7 Å². The van der Waals surface area contributed by atoms with Gasteiger partial charge in [-0.1, -0.05) is 24.3 Å². The molecule has 1 fully saturated rings. The van der Waals surface area contributed by atoms with Crippen LogP contribution in [0.4, 0.5) is 11.4 Å².